The number of alkyl carbamates (subject to hydrolysis) is 1. The van der Waals surface area contributed by atoms with Gasteiger partial charge in [-0.05, 0) is 33.6 Å². The van der Waals surface area contributed by atoms with Gasteiger partial charge in [0.25, 0.3) is 5.91 Å². The molecule has 12 nitrogen and oxygen atoms in total. The van der Waals surface area contributed by atoms with E-state index in [0.717, 1.165) is 0 Å². The number of nitrogens with zero attached hydrogens (tertiary/aromatic N) is 2. The minimum atomic E-state index is -0.729. The van der Waals surface area contributed by atoms with Crippen molar-refractivity contribution in [3.8, 4) is 0 Å². The number of aromatic nitrogens is 2. The SMILES string of the molecule is CC(C)(C)OC(=O)NCCCOCCCNC(=N)NC(=O)c1nc(Cl)c(N)nc1N. The topological polar surface area (TPSA) is 190 Å². The second-order valence-corrected chi connectivity index (χ2v) is 7.50. The molecule has 0 saturated heterocycles. The first-order valence-electron chi connectivity index (χ1n) is 9.26. The number of anilines is 2. The molecular weight excluding hydrogens is 416 g/mol. The number of carbonyl (C=O) groups excluding carboxylic acids is 2. The largest absolute Gasteiger partial charge is 0.444 e. The monoisotopic (exact) mass is 444 g/mol. The van der Waals surface area contributed by atoms with E-state index in [1.165, 1.54) is 0 Å². The van der Waals surface area contributed by atoms with Crippen LogP contribution >= 0.6 is 11.6 Å². The number of rotatable bonds is 9. The molecule has 0 aliphatic heterocycles. The Balaban J connectivity index is 2.12. The molecule has 1 aromatic heterocycles. The van der Waals surface area contributed by atoms with E-state index in [-0.39, 0.29) is 28.4 Å². The zero-order chi connectivity index (χ0) is 22.7. The molecule has 0 unspecified atom stereocenters. The van der Waals surface area contributed by atoms with Crippen LogP contribution in [0.1, 0.15) is 44.1 Å². The highest BCUT2D eigenvalue weighted by Crippen LogP contribution is 2.17. The molecule has 1 rings (SSSR count). The molecule has 13 heteroatoms. The van der Waals surface area contributed by atoms with Crippen molar-refractivity contribution in [3.05, 3.63) is 10.8 Å². The number of carbonyl (C=O) groups is 2. The molecule has 0 atom stereocenters. The highest BCUT2D eigenvalue weighted by Gasteiger charge is 2.17. The van der Waals surface area contributed by atoms with Gasteiger partial charge in [-0.25, -0.2) is 14.8 Å². The van der Waals surface area contributed by atoms with E-state index >= 15 is 0 Å². The number of guanidine groups is 1. The molecule has 0 aromatic carbocycles. The average molecular weight is 445 g/mol. The van der Waals surface area contributed by atoms with E-state index < -0.39 is 17.6 Å². The second kappa shape index (κ2) is 12.0. The van der Waals surface area contributed by atoms with E-state index in [1.807, 2.05) is 0 Å². The van der Waals surface area contributed by atoms with E-state index in [0.29, 0.717) is 39.1 Å². The van der Waals surface area contributed by atoms with E-state index in [9.17, 15) is 9.59 Å². The molecule has 0 saturated carbocycles. The Morgan fingerprint density at radius 2 is 1.67 bits per heavy atom. The first-order valence-corrected chi connectivity index (χ1v) is 9.64. The van der Waals surface area contributed by atoms with Crippen molar-refractivity contribution in [2.75, 3.05) is 37.8 Å². The number of nitrogens with two attached hydrogens (primary N) is 2. The lowest BCUT2D eigenvalue weighted by molar-refractivity contribution is 0.0519. The molecular formula is C17H29ClN8O4. The number of halogens is 1. The number of hydrogen-bond acceptors (Lipinski definition) is 9. The maximum absolute atomic E-state index is 12.1. The van der Waals surface area contributed by atoms with E-state index in [4.69, 9.17) is 38.0 Å². The molecule has 0 fully saturated rings. The minimum absolute atomic E-state index is 0.0838. The molecule has 168 valence electrons. The molecule has 8 N–H and O–H groups in total. The maximum atomic E-state index is 12.1. The number of nitrogen functional groups attached to an aromatic ring is 2. The molecule has 0 aliphatic carbocycles. The fraction of sp³-hybridized carbons (Fsp3) is 0.588. The van der Waals surface area contributed by atoms with Gasteiger partial charge >= 0.3 is 6.09 Å². The summed E-state index contributed by atoms with van der Waals surface area (Å²) in [5.74, 6) is -1.22. The Bertz CT molecular complexity index is 754. The van der Waals surface area contributed by atoms with E-state index in [1.54, 1.807) is 20.8 Å². The lowest BCUT2D eigenvalue weighted by atomic mass is 10.2. The molecule has 2 amide bonds. The van der Waals surface area contributed by atoms with Crippen LogP contribution in [0.15, 0.2) is 0 Å². The predicted octanol–water partition coefficient (Wildman–Crippen LogP) is 0.870. The maximum Gasteiger partial charge on any atom is 0.407 e. The number of nitrogens with one attached hydrogen (secondary N) is 4. The van der Waals surface area contributed by atoms with E-state index in [2.05, 4.69) is 25.9 Å². The van der Waals surface area contributed by atoms with Gasteiger partial charge < -0.3 is 31.6 Å². The van der Waals surface area contributed by atoms with Crippen LogP contribution in [0.3, 0.4) is 0 Å². The predicted molar refractivity (Wildman–Crippen MR) is 113 cm³/mol. The van der Waals surface area contributed by atoms with Gasteiger partial charge in [0.15, 0.2) is 28.4 Å². The van der Waals surface area contributed by atoms with Gasteiger partial charge in [-0.1, -0.05) is 11.6 Å². The van der Waals surface area contributed by atoms with Crippen molar-refractivity contribution < 1.29 is 19.1 Å². The summed E-state index contributed by atoms with van der Waals surface area (Å²) in [4.78, 5) is 31.0. The van der Waals surface area contributed by atoms with Gasteiger partial charge in [0.1, 0.15) is 5.60 Å². The van der Waals surface area contributed by atoms with Crippen molar-refractivity contribution in [1.82, 2.24) is 25.9 Å². The Hall–Kier alpha value is -2.86. The first-order chi connectivity index (χ1) is 14.0. The van der Waals surface area contributed by atoms with Crippen LogP contribution in [-0.2, 0) is 9.47 Å². The van der Waals surface area contributed by atoms with Gasteiger partial charge in [-0.15, -0.1) is 0 Å². The van der Waals surface area contributed by atoms with Crippen LogP contribution in [0, 0.1) is 5.41 Å². The average Bonchev–Trinajstić information content (AvgIpc) is 2.61. The quantitative estimate of drug-likeness (QED) is 0.182. The molecule has 30 heavy (non-hydrogen) atoms. The minimum Gasteiger partial charge on any atom is -0.444 e. The van der Waals surface area contributed by atoms with Crippen LogP contribution in [-0.4, -0.2) is 59.8 Å². The summed E-state index contributed by atoms with van der Waals surface area (Å²) in [6.45, 7) is 7.17. The fourth-order valence-corrected chi connectivity index (χ4v) is 2.12. The van der Waals surface area contributed by atoms with Crippen LogP contribution < -0.4 is 27.4 Å². The standard InChI is InChI=1S/C17H29ClN8O4/c1-17(2,3)30-16(28)23-7-5-9-29-8-4-6-22-15(21)26-14(27)10-12(19)25-13(20)11(18)24-10/h4-9H2,1-3H3,(H,23,28)(H4,19,20,25)(H3,21,22,26,27). The van der Waals surface area contributed by atoms with Crippen molar-refractivity contribution in [2.45, 2.75) is 39.2 Å². The summed E-state index contributed by atoms with van der Waals surface area (Å²) < 4.78 is 10.6. The summed E-state index contributed by atoms with van der Waals surface area (Å²) in [5.41, 5.74) is 10.3. The lowest BCUT2D eigenvalue weighted by Crippen LogP contribution is -2.41. The van der Waals surface area contributed by atoms with Gasteiger partial charge in [0.2, 0.25) is 0 Å². The van der Waals surface area contributed by atoms with Crippen LogP contribution in [0.5, 0.6) is 0 Å². The highest BCUT2D eigenvalue weighted by atomic mass is 35.5. The zero-order valence-corrected chi connectivity index (χ0v) is 18.1. The van der Waals surface area contributed by atoms with Gasteiger partial charge in [0, 0.05) is 26.3 Å². The Labute approximate surface area is 179 Å². The summed E-state index contributed by atoms with van der Waals surface area (Å²) in [7, 11) is 0. The van der Waals surface area contributed by atoms with Gasteiger partial charge in [-0.3, -0.25) is 15.5 Å². The third kappa shape index (κ3) is 10.1. The molecule has 0 spiro atoms. The fourth-order valence-electron chi connectivity index (χ4n) is 1.99. The highest BCUT2D eigenvalue weighted by molar-refractivity contribution is 6.31. The summed E-state index contributed by atoms with van der Waals surface area (Å²) in [6.07, 6.45) is 0.791. The Morgan fingerprint density at radius 1 is 1.07 bits per heavy atom. The third-order valence-corrected chi connectivity index (χ3v) is 3.54. The smallest absolute Gasteiger partial charge is 0.407 e. The summed E-state index contributed by atoms with van der Waals surface area (Å²) >= 11 is 5.73. The first kappa shape index (κ1) is 25.2. The summed E-state index contributed by atoms with van der Waals surface area (Å²) in [6, 6.07) is 0. The zero-order valence-electron chi connectivity index (χ0n) is 17.3. The molecule has 1 heterocycles. The lowest BCUT2D eigenvalue weighted by Gasteiger charge is -2.19. The number of ether oxygens (including phenoxy) is 2. The van der Waals surface area contributed by atoms with Gasteiger partial charge in [0.05, 0.1) is 0 Å². The van der Waals surface area contributed by atoms with Crippen LogP contribution in [0.25, 0.3) is 0 Å². The van der Waals surface area contributed by atoms with Crippen molar-refractivity contribution in [2.24, 2.45) is 0 Å². The molecule has 0 bridgehead atoms. The number of amides is 2. The van der Waals surface area contributed by atoms with Crippen LogP contribution in [0.2, 0.25) is 5.15 Å². The van der Waals surface area contributed by atoms with Crippen molar-refractivity contribution in [1.29, 1.82) is 5.41 Å². The molecule has 0 aliphatic rings. The number of hydrogen-bond donors (Lipinski definition) is 6. The van der Waals surface area contributed by atoms with Crippen molar-refractivity contribution in [3.63, 3.8) is 0 Å². The van der Waals surface area contributed by atoms with Crippen molar-refractivity contribution >= 4 is 41.2 Å². The van der Waals surface area contributed by atoms with Crippen LogP contribution in [0.4, 0.5) is 16.4 Å². The van der Waals surface area contributed by atoms with Gasteiger partial charge in [-0.2, -0.15) is 0 Å². The Kier molecular flexibility index (Phi) is 10.1. The second-order valence-electron chi connectivity index (χ2n) is 7.14. The third-order valence-electron chi connectivity index (χ3n) is 3.26. The molecule has 1 aromatic rings. The summed E-state index contributed by atoms with van der Waals surface area (Å²) in [5, 5.41) is 15.2. The normalized spacial score (nSPS) is 10.9. The molecule has 0 radical (unpaired) electrons. The Morgan fingerprint density at radius 3 is 2.27 bits per heavy atom.